The summed E-state index contributed by atoms with van der Waals surface area (Å²) >= 11 is 0. The van der Waals surface area contributed by atoms with Crippen LogP contribution < -0.4 is 5.32 Å². The fourth-order valence-corrected chi connectivity index (χ4v) is 2.28. The van der Waals surface area contributed by atoms with Gasteiger partial charge < -0.3 is 15.2 Å². The van der Waals surface area contributed by atoms with Crippen molar-refractivity contribution >= 4 is 5.69 Å². The summed E-state index contributed by atoms with van der Waals surface area (Å²) in [6, 6.07) is 4.77. The fraction of sp³-hybridized carbons (Fsp3) is 0.538. The van der Waals surface area contributed by atoms with E-state index >= 15 is 0 Å². The van der Waals surface area contributed by atoms with Crippen LogP contribution in [0.2, 0.25) is 0 Å². The predicted octanol–water partition coefficient (Wildman–Crippen LogP) is 2.90. The molecule has 0 aliphatic heterocycles. The first kappa shape index (κ1) is 12.2. The molecule has 0 radical (unpaired) electrons. The minimum atomic E-state index is -0.583. The van der Waals surface area contributed by atoms with Gasteiger partial charge in [0, 0.05) is 24.9 Å². The summed E-state index contributed by atoms with van der Waals surface area (Å²) in [5.74, 6) is -0.890. The maximum absolute atomic E-state index is 13.1. The number of methoxy groups -OCH3 is 1. The van der Waals surface area contributed by atoms with Crippen molar-refractivity contribution in [2.45, 2.75) is 37.8 Å². The molecule has 1 aromatic rings. The number of rotatable bonds is 3. The van der Waals surface area contributed by atoms with Crippen molar-refractivity contribution in [2.75, 3.05) is 12.4 Å². The zero-order chi connectivity index (χ0) is 12.3. The number of aromatic hydroxyl groups is 1. The largest absolute Gasteiger partial charge is 0.505 e. The highest BCUT2D eigenvalue weighted by atomic mass is 19.1. The van der Waals surface area contributed by atoms with Crippen molar-refractivity contribution < 1.29 is 14.2 Å². The number of ether oxygens (including phenoxy) is 1. The Labute approximate surface area is 101 Å². The molecular formula is C13H18FNO2. The highest BCUT2D eigenvalue weighted by molar-refractivity contribution is 5.47. The Balaban J connectivity index is 1.91. The molecule has 1 saturated carbocycles. The van der Waals surface area contributed by atoms with E-state index in [4.69, 9.17) is 9.84 Å². The van der Waals surface area contributed by atoms with Gasteiger partial charge in [-0.15, -0.1) is 0 Å². The quantitative estimate of drug-likeness (QED) is 0.797. The minimum Gasteiger partial charge on any atom is -0.505 e. The summed E-state index contributed by atoms with van der Waals surface area (Å²) in [4.78, 5) is 0. The van der Waals surface area contributed by atoms with Gasteiger partial charge in [-0.3, -0.25) is 0 Å². The summed E-state index contributed by atoms with van der Waals surface area (Å²) in [7, 11) is 1.74. The lowest BCUT2D eigenvalue weighted by molar-refractivity contribution is 0.0682. The average Bonchev–Trinajstić information content (AvgIpc) is 2.35. The Morgan fingerprint density at radius 1 is 1.29 bits per heavy atom. The smallest absolute Gasteiger partial charge is 0.166 e. The van der Waals surface area contributed by atoms with Crippen LogP contribution >= 0.6 is 0 Å². The Bertz CT molecular complexity index is 376. The van der Waals surface area contributed by atoms with Crippen molar-refractivity contribution in [3.8, 4) is 5.75 Å². The van der Waals surface area contributed by atoms with Crippen molar-refractivity contribution in [1.29, 1.82) is 0 Å². The van der Waals surface area contributed by atoms with Crippen LogP contribution in [-0.4, -0.2) is 24.4 Å². The van der Waals surface area contributed by atoms with Crippen LogP contribution in [0.1, 0.15) is 25.7 Å². The lowest BCUT2D eigenvalue weighted by atomic mass is 9.93. The molecule has 1 aliphatic carbocycles. The molecule has 3 nitrogen and oxygen atoms in total. The van der Waals surface area contributed by atoms with Gasteiger partial charge in [-0.25, -0.2) is 4.39 Å². The summed E-state index contributed by atoms with van der Waals surface area (Å²) < 4.78 is 18.4. The highest BCUT2D eigenvalue weighted by Crippen LogP contribution is 2.25. The molecule has 0 saturated heterocycles. The molecule has 94 valence electrons. The Morgan fingerprint density at radius 2 is 2.00 bits per heavy atom. The topological polar surface area (TPSA) is 41.5 Å². The maximum atomic E-state index is 13.1. The normalized spacial score (nSPS) is 24.6. The van der Waals surface area contributed by atoms with Crippen LogP contribution in [0.3, 0.4) is 0 Å². The molecule has 0 aromatic heterocycles. The molecule has 0 heterocycles. The van der Waals surface area contributed by atoms with E-state index in [2.05, 4.69) is 5.32 Å². The molecule has 1 aromatic carbocycles. The second-order valence-corrected chi connectivity index (χ2v) is 4.52. The minimum absolute atomic E-state index is 0.307. The van der Waals surface area contributed by atoms with Gasteiger partial charge in [-0.1, -0.05) is 0 Å². The summed E-state index contributed by atoms with van der Waals surface area (Å²) in [5.41, 5.74) is 0.723. The van der Waals surface area contributed by atoms with Gasteiger partial charge in [0.2, 0.25) is 0 Å². The lowest BCUT2D eigenvalue weighted by Crippen LogP contribution is -2.29. The molecule has 4 heteroatoms. The molecule has 0 atom stereocenters. The Morgan fingerprint density at radius 3 is 2.59 bits per heavy atom. The van der Waals surface area contributed by atoms with Crippen LogP contribution in [0.25, 0.3) is 0 Å². The molecule has 17 heavy (non-hydrogen) atoms. The number of halogens is 1. The Kier molecular flexibility index (Phi) is 3.84. The van der Waals surface area contributed by atoms with Crippen molar-refractivity contribution in [2.24, 2.45) is 0 Å². The van der Waals surface area contributed by atoms with Gasteiger partial charge in [-0.2, -0.15) is 0 Å². The van der Waals surface area contributed by atoms with E-state index in [1.54, 1.807) is 13.2 Å². The average molecular weight is 239 g/mol. The zero-order valence-electron chi connectivity index (χ0n) is 9.95. The third-order valence-corrected chi connectivity index (χ3v) is 3.33. The molecule has 0 amide bonds. The van der Waals surface area contributed by atoms with E-state index in [1.807, 2.05) is 0 Å². The van der Waals surface area contributed by atoms with E-state index in [0.29, 0.717) is 12.1 Å². The number of benzene rings is 1. The third-order valence-electron chi connectivity index (χ3n) is 3.33. The number of hydrogen-bond donors (Lipinski definition) is 2. The summed E-state index contributed by atoms with van der Waals surface area (Å²) in [6.45, 7) is 0. The summed E-state index contributed by atoms with van der Waals surface area (Å²) in [6.07, 6.45) is 4.50. The fourth-order valence-electron chi connectivity index (χ4n) is 2.28. The van der Waals surface area contributed by atoms with E-state index in [-0.39, 0.29) is 5.75 Å². The first-order valence-electron chi connectivity index (χ1n) is 5.97. The Hall–Kier alpha value is -1.29. The zero-order valence-corrected chi connectivity index (χ0v) is 9.95. The van der Waals surface area contributed by atoms with Gasteiger partial charge in [0.05, 0.1) is 6.10 Å². The van der Waals surface area contributed by atoms with Gasteiger partial charge in [0.15, 0.2) is 11.6 Å². The van der Waals surface area contributed by atoms with Gasteiger partial charge >= 0.3 is 0 Å². The van der Waals surface area contributed by atoms with Crippen molar-refractivity contribution in [3.05, 3.63) is 24.0 Å². The second-order valence-electron chi connectivity index (χ2n) is 4.52. The predicted molar refractivity (Wildman–Crippen MR) is 64.7 cm³/mol. The van der Waals surface area contributed by atoms with E-state index < -0.39 is 5.82 Å². The maximum Gasteiger partial charge on any atom is 0.166 e. The third kappa shape index (κ3) is 3.09. The van der Waals surface area contributed by atoms with E-state index in [9.17, 15) is 4.39 Å². The highest BCUT2D eigenvalue weighted by Gasteiger charge is 2.20. The van der Waals surface area contributed by atoms with Crippen LogP contribution in [0.5, 0.6) is 5.75 Å². The monoisotopic (exact) mass is 239 g/mol. The molecule has 0 bridgehead atoms. The van der Waals surface area contributed by atoms with Gasteiger partial charge in [0.1, 0.15) is 0 Å². The van der Waals surface area contributed by atoms with E-state index in [1.165, 1.54) is 12.1 Å². The molecule has 1 fully saturated rings. The van der Waals surface area contributed by atoms with Crippen LogP contribution in [-0.2, 0) is 4.74 Å². The molecule has 0 spiro atoms. The number of nitrogens with one attached hydrogen (secondary N) is 1. The molecule has 2 N–H and O–H groups in total. The lowest BCUT2D eigenvalue weighted by Gasteiger charge is -2.28. The van der Waals surface area contributed by atoms with Crippen LogP contribution in [0.4, 0.5) is 10.1 Å². The van der Waals surface area contributed by atoms with E-state index in [0.717, 1.165) is 31.4 Å². The first-order valence-corrected chi connectivity index (χ1v) is 5.97. The van der Waals surface area contributed by atoms with Crippen molar-refractivity contribution in [3.63, 3.8) is 0 Å². The second kappa shape index (κ2) is 5.36. The SMILES string of the molecule is COC1CCC(Nc2ccc(O)c(F)c2)CC1. The molecular weight excluding hydrogens is 221 g/mol. The van der Waals surface area contributed by atoms with Crippen molar-refractivity contribution in [1.82, 2.24) is 0 Å². The van der Waals surface area contributed by atoms with Crippen LogP contribution in [0, 0.1) is 5.82 Å². The first-order chi connectivity index (χ1) is 8.19. The standard InChI is InChI=1S/C13H18FNO2/c1-17-11-5-2-9(3-6-11)15-10-4-7-13(16)12(14)8-10/h4,7-9,11,15-16H,2-3,5-6H2,1H3. The number of anilines is 1. The van der Waals surface area contributed by atoms with Gasteiger partial charge in [-0.05, 0) is 37.8 Å². The van der Waals surface area contributed by atoms with Gasteiger partial charge in [0.25, 0.3) is 0 Å². The number of phenolic OH excluding ortho intramolecular Hbond substituents is 1. The molecule has 0 unspecified atom stereocenters. The number of phenols is 1. The molecule has 2 rings (SSSR count). The molecule has 1 aliphatic rings. The number of hydrogen-bond acceptors (Lipinski definition) is 3. The summed E-state index contributed by atoms with van der Waals surface area (Å²) in [5, 5.41) is 12.4. The van der Waals surface area contributed by atoms with Crippen LogP contribution in [0.15, 0.2) is 18.2 Å².